The first-order chi connectivity index (χ1) is 18.4. The van der Waals surface area contributed by atoms with E-state index in [0.717, 1.165) is 42.9 Å². The lowest BCUT2D eigenvalue weighted by atomic mass is 9.94. The molecule has 1 aromatic heterocycles. The largest absolute Gasteiger partial charge is 0.356 e. The van der Waals surface area contributed by atoms with Crippen molar-refractivity contribution in [3.05, 3.63) is 48.0 Å². The Kier molecular flexibility index (Phi) is 8.15. The van der Waals surface area contributed by atoms with Crippen LogP contribution in [0.5, 0.6) is 0 Å². The highest BCUT2D eigenvalue weighted by Gasteiger charge is 2.43. The van der Waals surface area contributed by atoms with E-state index in [2.05, 4.69) is 44.9 Å². The zero-order chi connectivity index (χ0) is 26.6. The van der Waals surface area contributed by atoms with Gasteiger partial charge in [-0.3, -0.25) is 4.79 Å². The monoisotopic (exact) mass is 532 g/mol. The molecule has 2 saturated heterocycles. The number of benzene rings is 1. The molecule has 0 atom stereocenters. The average molecular weight is 533 g/mol. The predicted octanol–water partition coefficient (Wildman–Crippen LogP) is 6.18. The Bertz CT molecular complexity index is 1140. The second-order valence-corrected chi connectivity index (χ2v) is 13.2. The highest BCUT2D eigenvalue weighted by Crippen LogP contribution is 2.53. The zero-order valence-electron chi connectivity index (χ0n) is 22.7. The molecule has 1 amide bonds. The normalized spacial score (nSPS) is 21.6. The quantitative estimate of drug-likeness (QED) is 0.430. The molecule has 2 aliphatic heterocycles. The molecule has 8 heteroatoms. The van der Waals surface area contributed by atoms with Gasteiger partial charge in [0.05, 0.1) is 6.07 Å². The number of hydrogen-bond donors (Lipinski definition) is 2. The summed E-state index contributed by atoms with van der Waals surface area (Å²) in [5, 5.41) is 11.9. The van der Waals surface area contributed by atoms with E-state index < -0.39 is 0 Å². The van der Waals surface area contributed by atoms with Gasteiger partial charge >= 0.3 is 0 Å². The van der Waals surface area contributed by atoms with E-state index in [1.807, 2.05) is 36.4 Å². The van der Waals surface area contributed by atoms with Gasteiger partial charge in [-0.05, 0) is 132 Å². The third kappa shape index (κ3) is 7.21. The third-order valence-corrected chi connectivity index (χ3v) is 9.74. The molecule has 0 radical (unpaired) electrons. The van der Waals surface area contributed by atoms with Crippen LogP contribution in [0.25, 0.3) is 0 Å². The Balaban J connectivity index is 0.000000273. The van der Waals surface area contributed by atoms with Crippen LogP contribution in [-0.4, -0.2) is 53.8 Å². The molecule has 6 rings (SSSR count). The molecular weight excluding hydrogens is 492 g/mol. The van der Waals surface area contributed by atoms with Crippen LogP contribution >= 0.6 is 11.9 Å². The van der Waals surface area contributed by atoms with Crippen molar-refractivity contribution < 1.29 is 4.79 Å². The molecule has 7 nitrogen and oxygen atoms in total. The van der Waals surface area contributed by atoms with E-state index in [1.54, 1.807) is 18.0 Å². The van der Waals surface area contributed by atoms with Crippen LogP contribution in [0, 0.1) is 22.7 Å². The summed E-state index contributed by atoms with van der Waals surface area (Å²) in [6.07, 6.45) is 10.2. The lowest BCUT2D eigenvalue weighted by Crippen LogP contribution is -2.33. The highest BCUT2D eigenvalue weighted by atomic mass is 32.2. The summed E-state index contributed by atoms with van der Waals surface area (Å²) < 4.78 is 3.72. The van der Waals surface area contributed by atoms with Gasteiger partial charge in [-0.2, -0.15) is 5.26 Å². The number of hydrogen-bond acceptors (Lipinski definition) is 7. The maximum Gasteiger partial charge on any atom is 0.256 e. The summed E-state index contributed by atoms with van der Waals surface area (Å²) >= 11 is 1.75. The first-order valence-electron chi connectivity index (χ1n) is 14.0. The minimum absolute atomic E-state index is 0.136. The summed E-state index contributed by atoms with van der Waals surface area (Å²) in [6.45, 7) is 6.57. The van der Waals surface area contributed by atoms with Gasteiger partial charge in [0.15, 0.2) is 0 Å². The molecule has 38 heavy (non-hydrogen) atoms. The van der Waals surface area contributed by atoms with E-state index in [0.29, 0.717) is 16.1 Å². The number of nitriles is 1. The fraction of sp³-hybridized carbons (Fsp3) is 0.567. The van der Waals surface area contributed by atoms with Gasteiger partial charge < -0.3 is 19.8 Å². The number of anilines is 3. The molecule has 4 aliphatic rings. The van der Waals surface area contributed by atoms with Crippen LogP contribution in [-0.2, 0) is 0 Å². The highest BCUT2D eigenvalue weighted by molar-refractivity contribution is 8.02. The first-order valence-corrected chi connectivity index (χ1v) is 14.8. The van der Waals surface area contributed by atoms with E-state index in [4.69, 9.17) is 5.26 Å². The van der Waals surface area contributed by atoms with Gasteiger partial charge in [-0.25, -0.2) is 4.98 Å². The standard InChI is InChI=1S/C22H25N5OS.C8H15N/c1-22(11-12-22)29-26-18-7-5-17(6-8-18)21(28)25-19-3-2-4-20(24-19)27-13-9-16(15-23)10-14-27;1-9-6-4-8(2-3-8)5-7-9/h2-8,16,26H,9-14H2,1H3,(H,24,25,28);2-7H2,1H3. The van der Waals surface area contributed by atoms with Crippen LogP contribution in [0.15, 0.2) is 42.5 Å². The lowest BCUT2D eigenvalue weighted by molar-refractivity contribution is 0.102. The van der Waals surface area contributed by atoms with Gasteiger partial charge in [-0.1, -0.05) is 6.07 Å². The Labute approximate surface area is 231 Å². The molecule has 1 spiro atoms. The average Bonchev–Trinajstić information content (AvgIpc) is 3.89. The number of pyridine rings is 1. The van der Waals surface area contributed by atoms with Gasteiger partial charge in [0.2, 0.25) is 0 Å². The minimum Gasteiger partial charge on any atom is -0.356 e. The number of carbonyl (C=O) groups excluding carboxylic acids is 1. The molecule has 4 fully saturated rings. The summed E-state index contributed by atoms with van der Waals surface area (Å²) in [5.41, 5.74) is 2.47. The van der Waals surface area contributed by atoms with Crippen molar-refractivity contribution >= 4 is 35.2 Å². The number of rotatable bonds is 6. The fourth-order valence-corrected chi connectivity index (χ4v) is 5.82. The topological polar surface area (TPSA) is 84.3 Å². The number of carbonyl (C=O) groups is 1. The summed E-state index contributed by atoms with van der Waals surface area (Å²) in [4.78, 5) is 21.8. The summed E-state index contributed by atoms with van der Waals surface area (Å²) in [6, 6.07) is 15.5. The Morgan fingerprint density at radius 1 is 1.00 bits per heavy atom. The van der Waals surface area contributed by atoms with Crippen LogP contribution in [0.4, 0.5) is 17.3 Å². The molecule has 1 aromatic carbocycles. The van der Waals surface area contributed by atoms with Crippen LogP contribution < -0.4 is 14.9 Å². The third-order valence-electron chi connectivity index (χ3n) is 8.50. The van der Waals surface area contributed by atoms with Crippen molar-refractivity contribution in [2.75, 3.05) is 48.2 Å². The molecule has 2 aromatic rings. The van der Waals surface area contributed by atoms with Crippen LogP contribution in [0.3, 0.4) is 0 Å². The van der Waals surface area contributed by atoms with E-state index in [9.17, 15) is 4.79 Å². The van der Waals surface area contributed by atoms with Crippen molar-refractivity contribution in [2.24, 2.45) is 11.3 Å². The second kappa shape index (κ2) is 11.5. The van der Waals surface area contributed by atoms with E-state index in [1.165, 1.54) is 51.6 Å². The SMILES string of the molecule is CC1(SNc2ccc(C(=O)Nc3cccc(N4CCC(C#N)CC4)n3)cc2)CC1.CN1CCC2(CC1)CC2. The minimum atomic E-state index is -0.175. The number of aromatic nitrogens is 1. The van der Waals surface area contributed by atoms with Crippen LogP contribution in [0.1, 0.15) is 68.6 Å². The first kappa shape index (κ1) is 26.8. The second-order valence-electron chi connectivity index (χ2n) is 11.8. The van der Waals surface area contributed by atoms with E-state index >= 15 is 0 Å². The summed E-state index contributed by atoms with van der Waals surface area (Å²) in [5.74, 6) is 1.34. The maximum absolute atomic E-state index is 12.6. The molecule has 2 aliphatic carbocycles. The Morgan fingerprint density at radius 2 is 1.68 bits per heavy atom. The molecule has 2 saturated carbocycles. The van der Waals surface area contributed by atoms with Crippen molar-refractivity contribution in [3.63, 3.8) is 0 Å². The molecule has 202 valence electrons. The van der Waals surface area contributed by atoms with Crippen molar-refractivity contribution in [1.29, 1.82) is 5.26 Å². The summed E-state index contributed by atoms with van der Waals surface area (Å²) in [7, 11) is 2.23. The number of nitrogens with one attached hydrogen (secondary N) is 2. The smallest absolute Gasteiger partial charge is 0.256 e. The van der Waals surface area contributed by atoms with Gasteiger partial charge in [0.1, 0.15) is 11.6 Å². The van der Waals surface area contributed by atoms with E-state index in [-0.39, 0.29) is 11.8 Å². The van der Waals surface area contributed by atoms with Crippen molar-refractivity contribution in [2.45, 2.75) is 63.0 Å². The molecule has 0 bridgehead atoms. The molecule has 2 N–H and O–H groups in total. The zero-order valence-corrected chi connectivity index (χ0v) is 23.5. The number of nitrogens with zero attached hydrogens (tertiary/aromatic N) is 4. The van der Waals surface area contributed by atoms with Gasteiger partial charge in [0.25, 0.3) is 5.91 Å². The van der Waals surface area contributed by atoms with Gasteiger partial charge in [-0.15, -0.1) is 0 Å². The Hall–Kier alpha value is -2.76. The van der Waals surface area contributed by atoms with Crippen molar-refractivity contribution in [1.82, 2.24) is 9.88 Å². The predicted molar refractivity (Wildman–Crippen MR) is 156 cm³/mol. The molecule has 3 heterocycles. The maximum atomic E-state index is 12.6. The number of amides is 1. The number of piperidine rings is 2. The Morgan fingerprint density at radius 3 is 2.29 bits per heavy atom. The number of likely N-dealkylation sites (tertiary alicyclic amines) is 1. The molecular formula is C30H40N6OS. The van der Waals surface area contributed by atoms with Crippen LogP contribution in [0.2, 0.25) is 0 Å². The molecule has 0 unspecified atom stereocenters. The lowest BCUT2D eigenvalue weighted by Gasteiger charge is -2.30. The fourth-order valence-electron chi connectivity index (χ4n) is 5.01. The van der Waals surface area contributed by atoms with Crippen molar-refractivity contribution in [3.8, 4) is 6.07 Å². The van der Waals surface area contributed by atoms with Gasteiger partial charge in [0, 0.05) is 35.0 Å².